The molecule has 0 bridgehead atoms. The van der Waals surface area contributed by atoms with Crippen LogP contribution in [-0.4, -0.2) is 14.8 Å². The molecular weight excluding hydrogens is 322 g/mol. The fraction of sp³-hybridized carbons (Fsp3) is 0.222. The summed E-state index contributed by atoms with van der Waals surface area (Å²) in [6.45, 7) is 2.09. The molecule has 5 nitrogen and oxygen atoms in total. The predicted octanol–water partition coefficient (Wildman–Crippen LogP) is 3.97. The highest BCUT2D eigenvalue weighted by Gasteiger charge is 2.31. The Labute approximate surface area is 145 Å². The Bertz CT molecular complexity index is 871. The molecule has 0 unspecified atom stereocenters. The molecule has 1 aromatic heterocycles. The first-order chi connectivity index (χ1) is 11.6. The van der Waals surface area contributed by atoms with E-state index < -0.39 is 0 Å². The van der Waals surface area contributed by atoms with Crippen LogP contribution in [0, 0.1) is 6.92 Å². The molecule has 0 radical (unpaired) electrons. The average Bonchev–Trinajstić information content (AvgIpc) is 2.95. The number of hydrogen-bond acceptors (Lipinski definition) is 4. The van der Waals surface area contributed by atoms with Crippen LogP contribution in [0.2, 0.25) is 5.02 Å². The van der Waals surface area contributed by atoms with Gasteiger partial charge in [-0.3, -0.25) is 0 Å². The number of hydrogen-bond donors (Lipinski definition) is 2. The van der Waals surface area contributed by atoms with Crippen LogP contribution in [-0.2, 0) is 0 Å². The summed E-state index contributed by atoms with van der Waals surface area (Å²) in [5.74, 6) is 0.938. The number of fused-ring (bicyclic) bond motifs is 1. The number of anilines is 2. The standard InChI is InChI=1S/C18H18ClN5/c1-11-6-8-12(9-7-11)15-10-16(13-4-2-3-5-14(13)19)24-18(21-15)22-17(20)23-24/h2-9,15-16H,10H2,1H3,(H3,20,21,22,23)/t15-,16-/m0/s1. The van der Waals surface area contributed by atoms with E-state index in [0.29, 0.717) is 5.95 Å². The van der Waals surface area contributed by atoms with E-state index in [9.17, 15) is 0 Å². The molecule has 24 heavy (non-hydrogen) atoms. The summed E-state index contributed by atoms with van der Waals surface area (Å²) in [5, 5.41) is 8.52. The molecule has 1 aliphatic rings. The molecule has 0 amide bonds. The quantitative estimate of drug-likeness (QED) is 0.741. The number of aryl methyl sites for hydroxylation is 1. The highest BCUT2D eigenvalue weighted by Crippen LogP contribution is 2.40. The van der Waals surface area contributed by atoms with Crippen molar-refractivity contribution in [1.82, 2.24) is 14.8 Å². The number of nitrogens with two attached hydrogens (primary N) is 1. The van der Waals surface area contributed by atoms with Crippen LogP contribution in [0.25, 0.3) is 0 Å². The third-order valence-corrected chi connectivity index (χ3v) is 4.79. The zero-order chi connectivity index (χ0) is 16.7. The average molecular weight is 340 g/mol. The summed E-state index contributed by atoms with van der Waals surface area (Å²) in [6.07, 6.45) is 0.822. The van der Waals surface area contributed by atoms with Crippen LogP contribution in [0.3, 0.4) is 0 Å². The second kappa shape index (κ2) is 5.83. The maximum atomic E-state index is 6.43. The van der Waals surface area contributed by atoms with Crippen molar-refractivity contribution in [3.63, 3.8) is 0 Å². The summed E-state index contributed by atoms with van der Waals surface area (Å²) in [6, 6.07) is 16.5. The van der Waals surface area contributed by atoms with Gasteiger partial charge in [-0.15, -0.1) is 5.10 Å². The molecule has 6 heteroatoms. The van der Waals surface area contributed by atoms with Crippen LogP contribution in [0.4, 0.5) is 11.9 Å². The number of aromatic nitrogens is 3. The Morgan fingerprint density at radius 2 is 1.92 bits per heavy atom. The van der Waals surface area contributed by atoms with Crippen molar-refractivity contribution in [3.8, 4) is 0 Å². The van der Waals surface area contributed by atoms with Gasteiger partial charge in [-0.05, 0) is 30.5 Å². The van der Waals surface area contributed by atoms with Gasteiger partial charge in [-0.25, -0.2) is 4.68 Å². The van der Waals surface area contributed by atoms with Gasteiger partial charge in [-0.2, -0.15) is 4.98 Å². The lowest BCUT2D eigenvalue weighted by Gasteiger charge is -2.32. The van der Waals surface area contributed by atoms with E-state index in [1.54, 1.807) is 0 Å². The second-order valence-corrected chi connectivity index (χ2v) is 6.53. The molecule has 122 valence electrons. The Morgan fingerprint density at radius 1 is 1.17 bits per heavy atom. The summed E-state index contributed by atoms with van der Waals surface area (Å²) in [5.41, 5.74) is 9.31. The Balaban J connectivity index is 1.78. The van der Waals surface area contributed by atoms with Gasteiger partial charge in [0, 0.05) is 5.02 Å². The van der Waals surface area contributed by atoms with Crippen molar-refractivity contribution < 1.29 is 0 Å². The molecule has 0 saturated heterocycles. The first kappa shape index (κ1) is 15.0. The molecule has 0 spiro atoms. The number of nitrogens with zero attached hydrogens (tertiary/aromatic N) is 3. The maximum Gasteiger partial charge on any atom is 0.241 e. The van der Waals surface area contributed by atoms with Gasteiger partial charge >= 0.3 is 0 Å². The Hall–Kier alpha value is -2.53. The molecule has 4 rings (SSSR count). The molecule has 2 aromatic carbocycles. The molecular formula is C18H18ClN5. The van der Waals surface area contributed by atoms with E-state index >= 15 is 0 Å². The largest absolute Gasteiger partial charge is 0.366 e. The lowest BCUT2D eigenvalue weighted by Crippen LogP contribution is -2.28. The molecule has 2 heterocycles. The van der Waals surface area contributed by atoms with Crippen LogP contribution < -0.4 is 11.1 Å². The molecule has 0 aliphatic carbocycles. The molecule has 2 atom stereocenters. The molecule has 0 fully saturated rings. The highest BCUT2D eigenvalue weighted by atomic mass is 35.5. The number of nitrogen functional groups attached to an aromatic ring is 1. The fourth-order valence-corrected chi connectivity index (χ4v) is 3.48. The van der Waals surface area contributed by atoms with Crippen molar-refractivity contribution in [2.75, 3.05) is 11.1 Å². The molecule has 1 aliphatic heterocycles. The van der Waals surface area contributed by atoms with Gasteiger partial charge in [0.2, 0.25) is 11.9 Å². The molecule has 3 aromatic rings. The fourth-order valence-electron chi connectivity index (χ4n) is 3.22. The van der Waals surface area contributed by atoms with Crippen molar-refractivity contribution in [2.24, 2.45) is 0 Å². The zero-order valence-electron chi connectivity index (χ0n) is 13.3. The minimum atomic E-state index is -0.00828. The SMILES string of the molecule is Cc1ccc([C@@H]2C[C@@H](c3ccccc3Cl)n3nc(N)nc3N2)cc1. The molecule has 3 N–H and O–H groups in total. The third kappa shape index (κ3) is 2.61. The van der Waals surface area contributed by atoms with Crippen molar-refractivity contribution >= 4 is 23.5 Å². The number of nitrogens with one attached hydrogen (secondary N) is 1. The zero-order valence-corrected chi connectivity index (χ0v) is 14.0. The molecule has 0 saturated carbocycles. The number of halogens is 1. The summed E-state index contributed by atoms with van der Waals surface area (Å²) in [7, 11) is 0. The number of benzene rings is 2. The third-order valence-electron chi connectivity index (χ3n) is 4.45. The van der Waals surface area contributed by atoms with Crippen molar-refractivity contribution in [3.05, 3.63) is 70.2 Å². The lowest BCUT2D eigenvalue weighted by molar-refractivity contribution is 0.431. The van der Waals surface area contributed by atoms with E-state index in [2.05, 4.69) is 46.6 Å². The van der Waals surface area contributed by atoms with Gasteiger partial charge in [0.25, 0.3) is 0 Å². The van der Waals surface area contributed by atoms with Crippen LogP contribution in [0.15, 0.2) is 48.5 Å². The van der Waals surface area contributed by atoms with Gasteiger partial charge in [-0.1, -0.05) is 59.6 Å². The normalized spacial score (nSPS) is 19.6. The van der Waals surface area contributed by atoms with Gasteiger partial charge in [0.1, 0.15) is 0 Å². The number of rotatable bonds is 2. The van der Waals surface area contributed by atoms with E-state index in [4.69, 9.17) is 17.3 Å². The minimum Gasteiger partial charge on any atom is -0.366 e. The van der Waals surface area contributed by atoms with E-state index in [0.717, 1.165) is 17.0 Å². The lowest BCUT2D eigenvalue weighted by atomic mass is 9.93. The predicted molar refractivity (Wildman–Crippen MR) is 96.2 cm³/mol. The minimum absolute atomic E-state index is 0.00828. The van der Waals surface area contributed by atoms with Crippen molar-refractivity contribution in [2.45, 2.75) is 25.4 Å². The van der Waals surface area contributed by atoms with Gasteiger partial charge in [0.15, 0.2) is 0 Å². The second-order valence-electron chi connectivity index (χ2n) is 6.12. The van der Waals surface area contributed by atoms with Crippen LogP contribution >= 0.6 is 11.6 Å². The summed E-state index contributed by atoms with van der Waals surface area (Å²) >= 11 is 6.43. The van der Waals surface area contributed by atoms with Gasteiger partial charge < -0.3 is 11.1 Å². The smallest absolute Gasteiger partial charge is 0.241 e. The van der Waals surface area contributed by atoms with E-state index in [1.165, 1.54) is 11.1 Å². The van der Waals surface area contributed by atoms with E-state index in [-0.39, 0.29) is 18.0 Å². The van der Waals surface area contributed by atoms with Crippen molar-refractivity contribution in [1.29, 1.82) is 0 Å². The highest BCUT2D eigenvalue weighted by molar-refractivity contribution is 6.31. The summed E-state index contributed by atoms with van der Waals surface area (Å²) < 4.78 is 1.83. The summed E-state index contributed by atoms with van der Waals surface area (Å²) in [4.78, 5) is 4.33. The topological polar surface area (TPSA) is 68.8 Å². The van der Waals surface area contributed by atoms with Crippen LogP contribution in [0.5, 0.6) is 0 Å². The van der Waals surface area contributed by atoms with Gasteiger partial charge in [0.05, 0.1) is 12.1 Å². The monoisotopic (exact) mass is 339 g/mol. The Kier molecular flexibility index (Phi) is 3.65. The first-order valence-electron chi connectivity index (χ1n) is 7.91. The Morgan fingerprint density at radius 3 is 2.67 bits per heavy atom. The van der Waals surface area contributed by atoms with Crippen LogP contribution in [0.1, 0.15) is 35.2 Å². The van der Waals surface area contributed by atoms with E-state index in [1.807, 2.05) is 28.9 Å². The maximum absolute atomic E-state index is 6.43. The first-order valence-corrected chi connectivity index (χ1v) is 8.29.